The van der Waals surface area contributed by atoms with Gasteiger partial charge in [0.1, 0.15) is 0 Å². The summed E-state index contributed by atoms with van der Waals surface area (Å²) < 4.78 is 10.9. The molecule has 2 heterocycles. The van der Waals surface area contributed by atoms with Crippen molar-refractivity contribution in [3.05, 3.63) is 30.1 Å². The van der Waals surface area contributed by atoms with Crippen LogP contribution in [0.2, 0.25) is 0 Å². The molecule has 19 heavy (non-hydrogen) atoms. The minimum Gasteiger partial charge on any atom is -0.384 e. The molecule has 1 amide bonds. The highest BCUT2D eigenvalue weighted by molar-refractivity contribution is 5.94. The van der Waals surface area contributed by atoms with E-state index < -0.39 is 0 Å². The van der Waals surface area contributed by atoms with Gasteiger partial charge in [0.2, 0.25) is 0 Å². The second-order valence-corrected chi connectivity index (χ2v) is 5.15. The van der Waals surface area contributed by atoms with Crippen molar-refractivity contribution in [1.29, 1.82) is 0 Å². The molecule has 0 radical (unpaired) electrons. The van der Waals surface area contributed by atoms with Crippen LogP contribution in [0.25, 0.3) is 0 Å². The monoisotopic (exact) mass is 262 g/mol. The molecule has 102 valence electrons. The molecule has 3 rings (SSSR count). The Bertz CT molecular complexity index is 451. The summed E-state index contributed by atoms with van der Waals surface area (Å²) in [6.07, 6.45) is 4.51. The fourth-order valence-corrected chi connectivity index (χ4v) is 3.17. The maximum absolute atomic E-state index is 12.2. The molecule has 2 fully saturated rings. The second-order valence-electron chi connectivity index (χ2n) is 5.15. The Kier molecular flexibility index (Phi) is 3.48. The average Bonchev–Trinajstić information content (AvgIpc) is 2.87. The van der Waals surface area contributed by atoms with Crippen LogP contribution in [-0.2, 0) is 9.47 Å². The van der Waals surface area contributed by atoms with Crippen molar-refractivity contribution in [2.45, 2.75) is 18.6 Å². The topological polar surface area (TPSA) is 60.5 Å². The molecule has 1 aliphatic carbocycles. The molecule has 0 bridgehead atoms. The number of methoxy groups -OCH3 is 1. The smallest absolute Gasteiger partial charge is 0.253 e. The molecule has 1 saturated carbocycles. The predicted molar refractivity (Wildman–Crippen MR) is 68.7 cm³/mol. The summed E-state index contributed by atoms with van der Waals surface area (Å²) in [5.74, 6) is 0.628. The van der Waals surface area contributed by atoms with E-state index in [4.69, 9.17) is 9.47 Å². The summed E-state index contributed by atoms with van der Waals surface area (Å²) in [6.45, 7) is 1.41. The summed E-state index contributed by atoms with van der Waals surface area (Å²) in [5.41, 5.74) is 0.598. The number of amides is 1. The zero-order valence-electron chi connectivity index (χ0n) is 10.9. The van der Waals surface area contributed by atoms with Crippen LogP contribution < -0.4 is 5.32 Å². The van der Waals surface area contributed by atoms with Gasteiger partial charge in [-0.25, -0.2) is 0 Å². The number of hydrogen-bond acceptors (Lipinski definition) is 4. The Morgan fingerprint density at radius 3 is 3.26 bits per heavy atom. The maximum atomic E-state index is 12.2. The summed E-state index contributed by atoms with van der Waals surface area (Å²) in [6, 6.07) is 3.69. The molecule has 0 aromatic carbocycles. The zero-order valence-corrected chi connectivity index (χ0v) is 10.9. The summed E-state index contributed by atoms with van der Waals surface area (Å²) in [7, 11) is 1.68. The van der Waals surface area contributed by atoms with Crippen LogP contribution in [0.3, 0.4) is 0 Å². The number of nitrogens with zero attached hydrogens (tertiary/aromatic N) is 1. The fourth-order valence-electron chi connectivity index (χ4n) is 3.17. The van der Waals surface area contributed by atoms with Gasteiger partial charge in [0.15, 0.2) is 0 Å². The lowest BCUT2D eigenvalue weighted by molar-refractivity contribution is -0.0809. The van der Waals surface area contributed by atoms with E-state index in [0.29, 0.717) is 18.1 Å². The first-order valence-electron chi connectivity index (χ1n) is 6.62. The Balaban J connectivity index is 1.67. The molecule has 1 saturated heterocycles. The van der Waals surface area contributed by atoms with Crippen LogP contribution in [0.1, 0.15) is 16.8 Å². The zero-order chi connectivity index (χ0) is 13.2. The van der Waals surface area contributed by atoms with E-state index in [-0.39, 0.29) is 24.0 Å². The van der Waals surface area contributed by atoms with Gasteiger partial charge in [-0.3, -0.25) is 9.78 Å². The highest BCUT2D eigenvalue weighted by Gasteiger charge is 2.54. The SMILES string of the molecule is COC[C@H]1[C@@H](NC(=O)c2cccnc2)[C@H]2CCO[C@H]21. The molecule has 5 heteroatoms. The standard InChI is InChI=1S/C14H18N2O3/c1-18-8-11-12(10-4-6-19-13(10)11)16-14(17)9-3-2-5-15-7-9/h2-3,5,7,10-13H,4,6,8H2,1H3,(H,16,17)/t10-,11+,12+,13-/m1/s1. The Hall–Kier alpha value is -1.46. The average molecular weight is 262 g/mol. The summed E-state index contributed by atoms with van der Waals surface area (Å²) >= 11 is 0. The van der Waals surface area contributed by atoms with Crippen molar-refractivity contribution in [1.82, 2.24) is 10.3 Å². The third kappa shape index (κ3) is 2.24. The lowest BCUT2D eigenvalue weighted by Crippen LogP contribution is -2.62. The van der Waals surface area contributed by atoms with Crippen LogP contribution >= 0.6 is 0 Å². The normalized spacial score (nSPS) is 32.5. The third-order valence-electron chi connectivity index (χ3n) is 4.11. The van der Waals surface area contributed by atoms with Gasteiger partial charge in [0, 0.05) is 44.0 Å². The molecule has 4 atom stereocenters. The lowest BCUT2D eigenvalue weighted by atomic mass is 9.67. The number of ether oxygens (including phenoxy) is 2. The van der Waals surface area contributed by atoms with Crippen molar-refractivity contribution in [3.8, 4) is 0 Å². The van der Waals surface area contributed by atoms with Gasteiger partial charge in [0.05, 0.1) is 18.3 Å². The molecular formula is C14H18N2O3. The van der Waals surface area contributed by atoms with Crippen molar-refractivity contribution in [2.24, 2.45) is 11.8 Å². The summed E-state index contributed by atoms with van der Waals surface area (Å²) in [5, 5.41) is 3.10. The van der Waals surface area contributed by atoms with E-state index in [0.717, 1.165) is 13.0 Å². The number of carbonyl (C=O) groups excluding carboxylic acids is 1. The number of hydrogen-bond donors (Lipinski definition) is 1. The molecule has 5 nitrogen and oxygen atoms in total. The minimum atomic E-state index is -0.0652. The lowest BCUT2D eigenvalue weighted by Gasteiger charge is -2.47. The van der Waals surface area contributed by atoms with E-state index in [9.17, 15) is 4.79 Å². The van der Waals surface area contributed by atoms with Crippen LogP contribution in [-0.4, -0.2) is 43.4 Å². The van der Waals surface area contributed by atoms with Crippen molar-refractivity contribution < 1.29 is 14.3 Å². The predicted octanol–water partition coefficient (Wildman–Crippen LogP) is 0.861. The van der Waals surface area contributed by atoms with Gasteiger partial charge in [-0.05, 0) is 18.6 Å². The van der Waals surface area contributed by atoms with Crippen molar-refractivity contribution in [3.63, 3.8) is 0 Å². The van der Waals surface area contributed by atoms with E-state index in [1.54, 1.807) is 31.6 Å². The molecule has 1 N–H and O–H groups in total. The highest BCUT2D eigenvalue weighted by atomic mass is 16.5. The first-order valence-corrected chi connectivity index (χ1v) is 6.62. The van der Waals surface area contributed by atoms with Gasteiger partial charge in [-0.15, -0.1) is 0 Å². The van der Waals surface area contributed by atoms with Gasteiger partial charge in [-0.2, -0.15) is 0 Å². The first kappa shape index (κ1) is 12.6. The molecule has 0 unspecified atom stereocenters. The number of pyridine rings is 1. The maximum Gasteiger partial charge on any atom is 0.253 e. The van der Waals surface area contributed by atoms with Gasteiger partial charge in [-0.1, -0.05) is 0 Å². The quantitative estimate of drug-likeness (QED) is 0.874. The first-order chi connectivity index (χ1) is 9.31. The van der Waals surface area contributed by atoms with Crippen molar-refractivity contribution in [2.75, 3.05) is 20.3 Å². The van der Waals surface area contributed by atoms with Gasteiger partial charge >= 0.3 is 0 Å². The second kappa shape index (κ2) is 5.27. The minimum absolute atomic E-state index is 0.0652. The Labute approximate surface area is 112 Å². The molecule has 1 aromatic rings. The van der Waals surface area contributed by atoms with Gasteiger partial charge < -0.3 is 14.8 Å². The Morgan fingerprint density at radius 2 is 2.53 bits per heavy atom. The number of aromatic nitrogens is 1. The summed E-state index contributed by atoms with van der Waals surface area (Å²) in [4.78, 5) is 16.1. The number of rotatable bonds is 4. The van der Waals surface area contributed by atoms with E-state index in [1.807, 2.05) is 0 Å². The van der Waals surface area contributed by atoms with E-state index in [2.05, 4.69) is 10.3 Å². The van der Waals surface area contributed by atoms with E-state index >= 15 is 0 Å². The Morgan fingerprint density at radius 1 is 1.63 bits per heavy atom. The third-order valence-corrected chi connectivity index (χ3v) is 4.11. The fraction of sp³-hybridized carbons (Fsp3) is 0.571. The van der Waals surface area contributed by atoms with Crippen LogP contribution in [0.15, 0.2) is 24.5 Å². The number of carbonyl (C=O) groups is 1. The van der Waals surface area contributed by atoms with E-state index in [1.165, 1.54) is 0 Å². The largest absolute Gasteiger partial charge is 0.384 e. The molecule has 0 spiro atoms. The van der Waals surface area contributed by atoms with Crippen LogP contribution in [0, 0.1) is 11.8 Å². The molecule has 1 aliphatic heterocycles. The van der Waals surface area contributed by atoms with Gasteiger partial charge in [0.25, 0.3) is 5.91 Å². The number of nitrogens with one attached hydrogen (secondary N) is 1. The van der Waals surface area contributed by atoms with Crippen LogP contribution in [0.4, 0.5) is 0 Å². The highest BCUT2D eigenvalue weighted by Crippen LogP contribution is 2.43. The van der Waals surface area contributed by atoms with Crippen LogP contribution in [0.5, 0.6) is 0 Å². The molecular weight excluding hydrogens is 244 g/mol. The number of fused-ring (bicyclic) bond motifs is 1. The molecule has 1 aromatic heterocycles. The molecule has 2 aliphatic rings. The van der Waals surface area contributed by atoms with Crippen molar-refractivity contribution >= 4 is 5.91 Å².